The van der Waals surface area contributed by atoms with Crippen LogP contribution in [0, 0.1) is 5.82 Å². The lowest BCUT2D eigenvalue weighted by atomic mass is 10.1. The summed E-state index contributed by atoms with van der Waals surface area (Å²) in [6.07, 6.45) is 6.65. The summed E-state index contributed by atoms with van der Waals surface area (Å²) in [7, 11) is 0. The van der Waals surface area contributed by atoms with Crippen LogP contribution < -0.4 is 4.90 Å². The molecule has 0 aliphatic carbocycles. The van der Waals surface area contributed by atoms with E-state index in [0.717, 1.165) is 81.5 Å². The normalized spacial score (nSPS) is 16.0. The van der Waals surface area contributed by atoms with E-state index in [1.165, 1.54) is 11.6 Å². The topological polar surface area (TPSA) is 42.6 Å². The number of fused-ring (bicyclic) bond motifs is 1. The molecule has 2 aromatic carbocycles. The van der Waals surface area contributed by atoms with E-state index in [1.807, 2.05) is 47.5 Å². The monoisotopic (exact) mass is 478 g/mol. The second kappa shape index (κ2) is 12.3. The van der Waals surface area contributed by atoms with Crippen molar-refractivity contribution in [2.24, 2.45) is 0 Å². The number of H-pyrrole nitrogens is 1. The van der Waals surface area contributed by atoms with Crippen molar-refractivity contribution < 1.29 is 9.18 Å². The molecule has 4 rings (SSSR count). The lowest BCUT2D eigenvalue weighted by Gasteiger charge is -2.35. The Bertz CT molecular complexity index is 1070. The zero-order chi connectivity index (χ0) is 24.6. The first kappa shape index (κ1) is 25.4. The van der Waals surface area contributed by atoms with Crippen LogP contribution in [0.5, 0.6) is 0 Å². The van der Waals surface area contributed by atoms with E-state index in [-0.39, 0.29) is 17.8 Å². The van der Waals surface area contributed by atoms with Crippen LogP contribution in [0.15, 0.2) is 54.7 Å². The predicted molar refractivity (Wildman–Crippen MR) is 142 cm³/mol. The van der Waals surface area contributed by atoms with Crippen molar-refractivity contribution in [3.8, 4) is 0 Å². The average Bonchev–Trinajstić information content (AvgIpc) is 3.26. The highest BCUT2D eigenvalue weighted by Gasteiger charge is 2.23. The predicted octanol–water partition coefficient (Wildman–Crippen LogP) is 5.47. The number of anilines is 1. The average molecular weight is 479 g/mol. The number of halogens is 1. The molecule has 5 nitrogen and oxygen atoms in total. The Morgan fingerprint density at radius 3 is 2.49 bits per heavy atom. The maximum atomic E-state index is 13.6. The summed E-state index contributed by atoms with van der Waals surface area (Å²) in [4.78, 5) is 23.4. The van der Waals surface area contributed by atoms with Crippen molar-refractivity contribution in [2.45, 2.75) is 52.0 Å². The van der Waals surface area contributed by atoms with Gasteiger partial charge >= 0.3 is 0 Å². The van der Waals surface area contributed by atoms with Crippen molar-refractivity contribution in [1.29, 1.82) is 0 Å². The van der Waals surface area contributed by atoms with Crippen molar-refractivity contribution in [3.63, 3.8) is 0 Å². The van der Waals surface area contributed by atoms with E-state index in [0.29, 0.717) is 6.42 Å². The molecule has 6 heteroatoms. The fraction of sp³-hybridized carbons (Fsp3) is 0.483. The number of carbonyl (C=O) groups excluding carboxylic acids is 1. The van der Waals surface area contributed by atoms with Crippen LogP contribution in [0.2, 0.25) is 0 Å². The third-order valence-electron chi connectivity index (χ3n) is 7.21. The molecular formula is C29H39FN4O. The minimum absolute atomic E-state index is 0.181. The van der Waals surface area contributed by atoms with Crippen LogP contribution >= 0.6 is 0 Å². The molecule has 1 aliphatic rings. The summed E-state index contributed by atoms with van der Waals surface area (Å²) in [5, 5.41) is 0.997. The molecule has 1 fully saturated rings. The maximum Gasteiger partial charge on any atom is 0.228 e. The van der Waals surface area contributed by atoms with Crippen LogP contribution in [0.1, 0.15) is 45.1 Å². The van der Waals surface area contributed by atoms with Gasteiger partial charge in [0.05, 0.1) is 0 Å². The molecule has 1 aliphatic heterocycles. The fourth-order valence-corrected chi connectivity index (χ4v) is 5.24. The van der Waals surface area contributed by atoms with Gasteiger partial charge in [-0.25, -0.2) is 4.39 Å². The number of aryl methyl sites for hydroxylation is 1. The number of nitrogens with zero attached hydrogens (tertiary/aromatic N) is 3. The molecule has 1 aromatic heterocycles. The summed E-state index contributed by atoms with van der Waals surface area (Å²) >= 11 is 0. The van der Waals surface area contributed by atoms with Crippen molar-refractivity contribution in [1.82, 2.24) is 14.8 Å². The number of nitrogens with one attached hydrogen (secondary N) is 1. The highest BCUT2D eigenvalue weighted by Crippen LogP contribution is 2.22. The number of rotatable bonds is 11. The van der Waals surface area contributed by atoms with Gasteiger partial charge in [-0.1, -0.05) is 31.5 Å². The van der Waals surface area contributed by atoms with E-state index >= 15 is 0 Å². The van der Waals surface area contributed by atoms with Gasteiger partial charge < -0.3 is 19.7 Å². The molecule has 188 valence electrons. The number of piperazine rings is 1. The highest BCUT2D eigenvalue weighted by atomic mass is 19.1. The number of para-hydroxylation sites is 1. The van der Waals surface area contributed by atoms with Crippen LogP contribution in [0.25, 0.3) is 10.9 Å². The van der Waals surface area contributed by atoms with Gasteiger partial charge in [-0.2, -0.15) is 0 Å². The molecule has 1 N–H and O–H groups in total. The Morgan fingerprint density at radius 1 is 1.06 bits per heavy atom. The zero-order valence-corrected chi connectivity index (χ0v) is 21.2. The first-order chi connectivity index (χ1) is 17.0. The third-order valence-corrected chi connectivity index (χ3v) is 7.21. The Hall–Kier alpha value is -2.70. The maximum absolute atomic E-state index is 13.6. The summed E-state index contributed by atoms with van der Waals surface area (Å²) in [5.41, 5.74) is 3.19. The quantitative estimate of drug-likeness (QED) is 0.397. The summed E-state index contributed by atoms with van der Waals surface area (Å²) in [5.74, 6) is 0.0365. The minimum Gasteiger partial charge on any atom is -0.361 e. The molecule has 2 heterocycles. The zero-order valence-electron chi connectivity index (χ0n) is 21.2. The molecule has 0 radical (unpaired) electrons. The van der Waals surface area contributed by atoms with Gasteiger partial charge in [0, 0.05) is 68.0 Å². The van der Waals surface area contributed by atoms with Crippen LogP contribution in [-0.4, -0.2) is 66.0 Å². The third kappa shape index (κ3) is 6.71. The number of benzene rings is 2. The molecule has 0 saturated carbocycles. The van der Waals surface area contributed by atoms with E-state index in [4.69, 9.17) is 0 Å². The molecule has 35 heavy (non-hydrogen) atoms. The second-order valence-electron chi connectivity index (χ2n) is 9.78. The molecular weight excluding hydrogens is 439 g/mol. The summed E-state index contributed by atoms with van der Waals surface area (Å²) < 4.78 is 13.6. The number of carbonyl (C=O) groups is 1. The number of amides is 1. The lowest BCUT2D eigenvalue weighted by Crippen LogP contribution is -2.48. The van der Waals surface area contributed by atoms with Gasteiger partial charge in [-0.3, -0.25) is 4.79 Å². The summed E-state index contributed by atoms with van der Waals surface area (Å²) in [6.45, 7) is 10.3. The first-order valence-electron chi connectivity index (χ1n) is 13.1. The highest BCUT2D eigenvalue weighted by molar-refractivity contribution is 5.94. The van der Waals surface area contributed by atoms with Crippen LogP contribution in [0.4, 0.5) is 10.1 Å². The summed E-state index contributed by atoms with van der Waals surface area (Å²) in [6, 6.07) is 15.2. The Kier molecular flexibility index (Phi) is 8.94. The van der Waals surface area contributed by atoms with Gasteiger partial charge in [-0.15, -0.1) is 0 Å². The molecule has 1 saturated heterocycles. The van der Waals surface area contributed by atoms with Crippen LogP contribution in [-0.2, 0) is 11.2 Å². The fourth-order valence-electron chi connectivity index (χ4n) is 5.24. The number of hydrogen-bond donors (Lipinski definition) is 1. The van der Waals surface area contributed by atoms with Gasteiger partial charge in [0.25, 0.3) is 0 Å². The van der Waals surface area contributed by atoms with E-state index in [9.17, 15) is 9.18 Å². The smallest absolute Gasteiger partial charge is 0.228 e. The number of aromatic nitrogens is 1. The lowest BCUT2D eigenvalue weighted by molar-refractivity contribution is -0.119. The van der Waals surface area contributed by atoms with E-state index in [1.54, 1.807) is 6.07 Å². The minimum atomic E-state index is -0.181. The first-order valence-corrected chi connectivity index (χ1v) is 13.1. The van der Waals surface area contributed by atoms with E-state index in [2.05, 4.69) is 28.6 Å². The van der Waals surface area contributed by atoms with Crippen LogP contribution in [0.3, 0.4) is 0 Å². The largest absolute Gasteiger partial charge is 0.361 e. The van der Waals surface area contributed by atoms with Gasteiger partial charge in [0.2, 0.25) is 5.91 Å². The Balaban J connectivity index is 1.20. The Labute approximate surface area is 208 Å². The number of hydrogen-bond acceptors (Lipinski definition) is 3. The van der Waals surface area contributed by atoms with Gasteiger partial charge in [-0.05, 0) is 68.6 Å². The Morgan fingerprint density at radius 2 is 1.77 bits per heavy atom. The van der Waals surface area contributed by atoms with Gasteiger partial charge in [0.15, 0.2) is 0 Å². The van der Waals surface area contributed by atoms with E-state index < -0.39 is 0 Å². The standard InChI is InChI=1S/C29H39FN4O/c1-3-8-23(2)34(26-10-5-4-6-11-26)29(35)14-16-33-19-17-32(18-20-33)15-7-9-24-22-31-28-13-12-25(30)21-27(24)28/h4-6,10-13,21-23,31H,3,7-9,14-20H2,1-2H3. The molecule has 1 unspecified atom stereocenters. The van der Waals surface area contributed by atoms with Gasteiger partial charge in [0.1, 0.15) is 5.82 Å². The molecule has 0 spiro atoms. The van der Waals surface area contributed by atoms with Crippen molar-refractivity contribution in [2.75, 3.05) is 44.2 Å². The van der Waals surface area contributed by atoms with Crippen molar-refractivity contribution in [3.05, 3.63) is 66.1 Å². The van der Waals surface area contributed by atoms with Crippen molar-refractivity contribution >= 4 is 22.5 Å². The molecule has 1 amide bonds. The second-order valence-corrected chi connectivity index (χ2v) is 9.78. The molecule has 3 aromatic rings. The molecule has 0 bridgehead atoms. The number of aromatic amines is 1. The molecule has 1 atom stereocenters. The SMILES string of the molecule is CCCC(C)N(C(=O)CCN1CCN(CCCc2c[nH]c3ccc(F)cc23)CC1)c1ccccc1.